The predicted octanol–water partition coefficient (Wildman–Crippen LogP) is 0.752. The molecule has 2 nitrogen and oxygen atoms in total. The summed E-state index contributed by atoms with van der Waals surface area (Å²) in [6, 6.07) is 0. The van der Waals surface area contributed by atoms with Crippen molar-refractivity contribution in [2.24, 2.45) is 5.73 Å². The van der Waals surface area contributed by atoms with Crippen molar-refractivity contribution in [3.05, 3.63) is 0 Å². The molecule has 0 spiro atoms. The highest BCUT2D eigenvalue weighted by molar-refractivity contribution is 6.15. The van der Waals surface area contributed by atoms with E-state index in [2.05, 4.69) is 30.6 Å². The van der Waals surface area contributed by atoms with Crippen molar-refractivity contribution in [1.82, 2.24) is 4.90 Å². The summed E-state index contributed by atoms with van der Waals surface area (Å²) in [6.07, 6.45) is 2.58. The van der Waals surface area contributed by atoms with Gasteiger partial charge in [0, 0.05) is 6.38 Å². The van der Waals surface area contributed by atoms with Crippen LogP contribution in [0.3, 0.4) is 0 Å². The van der Waals surface area contributed by atoms with Crippen LogP contribution in [0.2, 0.25) is 0 Å². The van der Waals surface area contributed by atoms with Crippen LogP contribution in [0, 0.1) is 0 Å². The predicted molar refractivity (Wildman–Crippen MR) is 44.0 cm³/mol. The molecule has 0 heterocycles. The van der Waals surface area contributed by atoms with Gasteiger partial charge in [-0.25, -0.2) is 0 Å². The minimum absolute atomic E-state index is 0.804. The van der Waals surface area contributed by atoms with Crippen LogP contribution in [0.5, 0.6) is 0 Å². The number of nitrogens with zero attached hydrogens (tertiary/aromatic N) is 1. The molecule has 0 aliphatic carbocycles. The molecular weight excluding hydrogens is 136 g/mol. The number of nitrogens with two attached hydrogens (primary N) is 1. The second-order valence-corrected chi connectivity index (χ2v) is 1.95. The van der Waals surface area contributed by atoms with E-state index in [0.717, 1.165) is 19.5 Å². The van der Waals surface area contributed by atoms with Gasteiger partial charge in [0.25, 0.3) is 0 Å². The molecule has 3 heteroatoms. The van der Waals surface area contributed by atoms with Gasteiger partial charge in [-0.15, -0.1) is 11.6 Å². The average molecular weight is 153 g/mol. The van der Waals surface area contributed by atoms with Crippen molar-refractivity contribution < 1.29 is 0 Å². The highest BCUT2D eigenvalue weighted by Gasteiger charge is 1.83. The van der Waals surface area contributed by atoms with E-state index in [1.54, 1.807) is 0 Å². The molecular formula is C6H17ClN2. The van der Waals surface area contributed by atoms with Gasteiger partial charge in [0.15, 0.2) is 0 Å². The normalized spacial score (nSPS) is 8.67. The third kappa shape index (κ3) is 17.9. The zero-order chi connectivity index (χ0) is 7.70. The molecule has 0 fully saturated rings. The van der Waals surface area contributed by atoms with E-state index in [-0.39, 0.29) is 0 Å². The largest absolute Gasteiger partial charge is 0.330 e. The Morgan fingerprint density at radius 3 is 1.89 bits per heavy atom. The average Bonchev–Trinajstić information content (AvgIpc) is 1.88. The Labute approximate surface area is 63.0 Å². The lowest BCUT2D eigenvalue weighted by Gasteiger charge is -2.05. The summed E-state index contributed by atoms with van der Waals surface area (Å²) in [5.74, 6) is 0. The smallest absolute Gasteiger partial charge is 0.0108 e. The molecule has 0 bridgehead atoms. The fourth-order valence-corrected chi connectivity index (χ4v) is 0.408. The minimum Gasteiger partial charge on any atom is -0.330 e. The lowest BCUT2D eigenvalue weighted by atomic mass is 10.4. The van der Waals surface area contributed by atoms with Gasteiger partial charge < -0.3 is 10.6 Å². The van der Waals surface area contributed by atoms with Gasteiger partial charge in [0.05, 0.1) is 0 Å². The molecule has 0 saturated carbocycles. The first-order chi connectivity index (χ1) is 4.27. The summed E-state index contributed by atoms with van der Waals surface area (Å²) in [4.78, 5) is 2.13. The van der Waals surface area contributed by atoms with Crippen LogP contribution in [0.1, 0.15) is 6.42 Å². The van der Waals surface area contributed by atoms with Gasteiger partial charge in [0.1, 0.15) is 0 Å². The van der Waals surface area contributed by atoms with Gasteiger partial charge in [-0.05, 0) is 33.6 Å². The number of halogens is 1. The van der Waals surface area contributed by atoms with Gasteiger partial charge in [-0.2, -0.15) is 0 Å². The van der Waals surface area contributed by atoms with Crippen LogP contribution in [0.25, 0.3) is 0 Å². The van der Waals surface area contributed by atoms with E-state index in [1.165, 1.54) is 6.38 Å². The molecule has 0 aromatic rings. The van der Waals surface area contributed by atoms with Crippen molar-refractivity contribution >= 4 is 11.6 Å². The molecule has 9 heavy (non-hydrogen) atoms. The van der Waals surface area contributed by atoms with E-state index in [9.17, 15) is 0 Å². The van der Waals surface area contributed by atoms with E-state index in [4.69, 9.17) is 5.73 Å². The zero-order valence-electron chi connectivity index (χ0n) is 6.52. The molecule has 2 N–H and O–H groups in total. The maximum Gasteiger partial charge on any atom is 0.0108 e. The van der Waals surface area contributed by atoms with Crippen LogP contribution in [-0.4, -0.2) is 38.5 Å². The van der Waals surface area contributed by atoms with E-state index >= 15 is 0 Å². The molecule has 0 aliphatic heterocycles. The molecule has 0 aromatic heterocycles. The summed E-state index contributed by atoms with van der Waals surface area (Å²) in [7, 11) is 4.10. The maximum absolute atomic E-state index is 5.25. The quantitative estimate of drug-likeness (QED) is 0.605. The summed E-state index contributed by atoms with van der Waals surface area (Å²) in [5, 5.41) is 0. The number of hydrogen-bond acceptors (Lipinski definition) is 2. The van der Waals surface area contributed by atoms with Crippen molar-refractivity contribution in [2.45, 2.75) is 6.42 Å². The first-order valence-electron chi connectivity index (χ1n) is 3.00. The van der Waals surface area contributed by atoms with E-state index in [0.29, 0.717) is 0 Å². The Morgan fingerprint density at radius 2 is 1.78 bits per heavy atom. The molecule has 0 unspecified atom stereocenters. The lowest BCUT2D eigenvalue weighted by molar-refractivity contribution is 0.403. The summed E-state index contributed by atoms with van der Waals surface area (Å²) >= 11 is 4.64. The number of rotatable bonds is 3. The summed E-state index contributed by atoms with van der Waals surface area (Å²) in [6.45, 7) is 1.91. The standard InChI is InChI=1S/C5H14N2.CH3Cl/c1-7(2)5-3-4-6;1-2/h3-6H2,1-2H3;1H3. The molecule has 0 rings (SSSR count). The Morgan fingerprint density at radius 1 is 1.33 bits per heavy atom. The summed E-state index contributed by atoms with van der Waals surface area (Å²) < 4.78 is 0. The van der Waals surface area contributed by atoms with Crippen LogP contribution in [0.15, 0.2) is 0 Å². The molecule has 0 radical (unpaired) electrons. The molecule has 0 atom stereocenters. The Bertz CT molecular complexity index is 40.0. The monoisotopic (exact) mass is 152 g/mol. The topological polar surface area (TPSA) is 29.3 Å². The molecule has 58 valence electrons. The highest BCUT2D eigenvalue weighted by Crippen LogP contribution is 1.76. The van der Waals surface area contributed by atoms with Gasteiger partial charge in [-0.3, -0.25) is 0 Å². The lowest BCUT2D eigenvalue weighted by Crippen LogP contribution is -2.16. The third-order valence-corrected chi connectivity index (χ3v) is 0.809. The maximum atomic E-state index is 5.25. The first-order valence-corrected chi connectivity index (χ1v) is 3.75. The Balaban J connectivity index is 0. The summed E-state index contributed by atoms with van der Waals surface area (Å²) in [5.41, 5.74) is 5.25. The van der Waals surface area contributed by atoms with Crippen molar-refractivity contribution in [1.29, 1.82) is 0 Å². The van der Waals surface area contributed by atoms with Crippen LogP contribution in [0.4, 0.5) is 0 Å². The minimum atomic E-state index is 0.804. The van der Waals surface area contributed by atoms with E-state index in [1.807, 2.05) is 0 Å². The highest BCUT2D eigenvalue weighted by atomic mass is 35.5. The van der Waals surface area contributed by atoms with Gasteiger partial charge >= 0.3 is 0 Å². The third-order valence-electron chi connectivity index (χ3n) is 0.809. The van der Waals surface area contributed by atoms with Crippen molar-refractivity contribution in [2.75, 3.05) is 33.6 Å². The fraction of sp³-hybridized carbons (Fsp3) is 1.00. The molecule has 0 aromatic carbocycles. The van der Waals surface area contributed by atoms with Crippen molar-refractivity contribution in [3.63, 3.8) is 0 Å². The van der Waals surface area contributed by atoms with Crippen LogP contribution in [-0.2, 0) is 0 Å². The van der Waals surface area contributed by atoms with Gasteiger partial charge in [0.2, 0.25) is 0 Å². The van der Waals surface area contributed by atoms with E-state index < -0.39 is 0 Å². The van der Waals surface area contributed by atoms with Gasteiger partial charge in [-0.1, -0.05) is 0 Å². The Hall–Kier alpha value is 0.210. The molecule has 0 amide bonds. The van der Waals surface area contributed by atoms with Crippen LogP contribution < -0.4 is 5.73 Å². The van der Waals surface area contributed by atoms with Crippen molar-refractivity contribution in [3.8, 4) is 0 Å². The molecule has 0 saturated heterocycles. The molecule has 0 aliphatic rings. The second kappa shape index (κ2) is 11.1. The number of alkyl halides is 1. The first kappa shape index (κ1) is 11.9. The second-order valence-electron chi connectivity index (χ2n) is 1.95. The fourth-order valence-electron chi connectivity index (χ4n) is 0.408. The SMILES string of the molecule is CCl.CN(C)CCCN. The number of hydrogen-bond donors (Lipinski definition) is 1. The van der Waals surface area contributed by atoms with Crippen LogP contribution >= 0.6 is 11.6 Å². The zero-order valence-corrected chi connectivity index (χ0v) is 7.28. The Kier molecular flexibility index (Phi) is 14.7.